The van der Waals surface area contributed by atoms with E-state index in [4.69, 9.17) is 4.74 Å². The number of anilines is 1. The number of para-hydroxylation sites is 1. The molecule has 0 radical (unpaired) electrons. The van der Waals surface area contributed by atoms with Gasteiger partial charge in [0.1, 0.15) is 6.54 Å². The first-order chi connectivity index (χ1) is 8.22. The second-order valence-electron chi connectivity index (χ2n) is 3.68. The average molecular weight is 234 g/mol. The molecule has 0 saturated carbocycles. The number of nitrogens with zero attached hydrogens (tertiary/aromatic N) is 1. The van der Waals surface area contributed by atoms with Crippen molar-refractivity contribution >= 4 is 17.6 Å². The largest absolute Gasteiger partial charge is 0.465 e. The number of benzene rings is 1. The Labute approximate surface area is 99.4 Å². The van der Waals surface area contributed by atoms with E-state index in [0.29, 0.717) is 18.8 Å². The van der Waals surface area contributed by atoms with E-state index in [2.05, 4.69) is 5.32 Å². The molecule has 5 heteroatoms. The minimum atomic E-state index is -0.293. The van der Waals surface area contributed by atoms with Gasteiger partial charge in [0.2, 0.25) is 0 Å². The van der Waals surface area contributed by atoms with Crippen molar-refractivity contribution < 1.29 is 14.3 Å². The van der Waals surface area contributed by atoms with Crippen LogP contribution in [0.3, 0.4) is 0 Å². The maximum Gasteiger partial charge on any atom is 0.325 e. The number of esters is 1. The van der Waals surface area contributed by atoms with E-state index in [9.17, 15) is 9.59 Å². The second-order valence-corrected chi connectivity index (χ2v) is 3.68. The summed E-state index contributed by atoms with van der Waals surface area (Å²) >= 11 is 0. The zero-order valence-electron chi connectivity index (χ0n) is 9.60. The lowest BCUT2D eigenvalue weighted by atomic mass is 10.1. The highest BCUT2D eigenvalue weighted by Crippen LogP contribution is 2.22. The maximum atomic E-state index is 11.6. The minimum Gasteiger partial charge on any atom is -0.465 e. The van der Waals surface area contributed by atoms with Crippen molar-refractivity contribution in [1.29, 1.82) is 0 Å². The smallest absolute Gasteiger partial charge is 0.325 e. The molecular formula is C12H14N2O3. The Hall–Kier alpha value is -2.04. The van der Waals surface area contributed by atoms with Crippen molar-refractivity contribution in [2.45, 2.75) is 6.92 Å². The van der Waals surface area contributed by atoms with Crippen molar-refractivity contribution in [2.75, 3.05) is 24.7 Å². The van der Waals surface area contributed by atoms with Gasteiger partial charge in [-0.2, -0.15) is 0 Å². The fraction of sp³-hybridized carbons (Fsp3) is 0.333. The fourth-order valence-corrected chi connectivity index (χ4v) is 1.79. The average Bonchev–Trinajstić information content (AvgIpc) is 2.34. The number of hydrogen-bond donors (Lipinski definition) is 1. The Morgan fingerprint density at radius 1 is 1.47 bits per heavy atom. The van der Waals surface area contributed by atoms with Crippen molar-refractivity contribution in [1.82, 2.24) is 5.32 Å². The van der Waals surface area contributed by atoms with Gasteiger partial charge in [-0.1, -0.05) is 12.1 Å². The summed E-state index contributed by atoms with van der Waals surface area (Å²) < 4.78 is 4.89. The molecule has 1 heterocycles. The molecule has 0 atom stereocenters. The van der Waals surface area contributed by atoms with E-state index in [0.717, 1.165) is 5.69 Å². The Kier molecular flexibility index (Phi) is 3.27. The van der Waals surface area contributed by atoms with Gasteiger partial charge in [0, 0.05) is 0 Å². The van der Waals surface area contributed by atoms with Crippen LogP contribution in [0.25, 0.3) is 0 Å². The van der Waals surface area contributed by atoms with Gasteiger partial charge in [0.25, 0.3) is 5.91 Å². The molecular weight excluding hydrogens is 220 g/mol. The van der Waals surface area contributed by atoms with Crippen LogP contribution < -0.4 is 10.2 Å². The fourth-order valence-electron chi connectivity index (χ4n) is 1.79. The highest BCUT2D eigenvalue weighted by Gasteiger charge is 2.23. The first-order valence-corrected chi connectivity index (χ1v) is 5.50. The third-order valence-electron chi connectivity index (χ3n) is 2.55. The first-order valence-electron chi connectivity index (χ1n) is 5.50. The topological polar surface area (TPSA) is 58.6 Å². The number of hydrogen-bond acceptors (Lipinski definition) is 4. The van der Waals surface area contributed by atoms with Gasteiger partial charge in [-0.25, -0.2) is 0 Å². The van der Waals surface area contributed by atoms with Crippen LogP contribution >= 0.6 is 0 Å². The summed E-state index contributed by atoms with van der Waals surface area (Å²) in [6.45, 7) is 2.60. The van der Waals surface area contributed by atoms with Gasteiger partial charge in [-0.15, -0.1) is 0 Å². The van der Waals surface area contributed by atoms with Crippen LogP contribution in [0.1, 0.15) is 17.3 Å². The standard InChI is InChI=1S/C12H14N2O3/c1-2-17-11(15)7-14-8-13-12(16)9-5-3-4-6-10(9)14/h3-6H,2,7-8H2,1H3,(H,13,16). The van der Waals surface area contributed by atoms with E-state index >= 15 is 0 Å². The van der Waals surface area contributed by atoms with E-state index in [-0.39, 0.29) is 18.4 Å². The number of amides is 1. The summed E-state index contributed by atoms with van der Waals surface area (Å²) in [5, 5.41) is 2.71. The maximum absolute atomic E-state index is 11.6. The quantitative estimate of drug-likeness (QED) is 0.784. The van der Waals surface area contributed by atoms with Crippen molar-refractivity contribution in [3.8, 4) is 0 Å². The molecule has 5 nitrogen and oxygen atoms in total. The number of carbonyl (C=O) groups is 2. The van der Waals surface area contributed by atoms with Gasteiger partial charge in [-0.3, -0.25) is 9.59 Å². The van der Waals surface area contributed by atoms with Gasteiger partial charge in [-0.05, 0) is 19.1 Å². The Morgan fingerprint density at radius 3 is 3.00 bits per heavy atom. The summed E-state index contributed by atoms with van der Waals surface area (Å²) in [6.07, 6.45) is 0. The van der Waals surface area contributed by atoms with Crippen LogP contribution in [-0.2, 0) is 9.53 Å². The summed E-state index contributed by atoms with van der Waals surface area (Å²) in [4.78, 5) is 24.8. The minimum absolute atomic E-state index is 0.110. The molecule has 1 aliphatic heterocycles. The molecule has 1 N–H and O–H groups in total. The molecule has 1 aromatic carbocycles. The van der Waals surface area contributed by atoms with E-state index in [1.165, 1.54) is 0 Å². The monoisotopic (exact) mass is 234 g/mol. The summed E-state index contributed by atoms with van der Waals surface area (Å²) in [5.41, 5.74) is 1.35. The van der Waals surface area contributed by atoms with Crippen LogP contribution in [0.5, 0.6) is 0 Å². The molecule has 0 saturated heterocycles. The zero-order chi connectivity index (χ0) is 12.3. The van der Waals surface area contributed by atoms with Crippen LogP contribution in [0.15, 0.2) is 24.3 Å². The Bertz CT molecular complexity index is 445. The highest BCUT2D eigenvalue weighted by atomic mass is 16.5. The third-order valence-corrected chi connectivity index (χ3v) is 2.55. The lowest BCUT2D eigenvalue weighted by Crippen LogP contribution is -2.45. The number of fused-ring (bicyclic) bond motifs is 1. The molecule has 0 aromatic heterocycles. The summed E-state index contributed by atoms with van der Waals surface area (Å²) in [7, 11) is 0. The number of nitrogens with one attached hydrogen (secondary N) is 1. The first kappa shape index (κ1) is 11.4. The van der Waals surface area contributed by atoms with Crippen molar-refractivity contribution in [3.05, 3.63) is 29.8 Å². The predicted octanol–water partition coefficient (Wildman–Crippen LogP) is 0.757. The van der Waals surface area contributed by atoms with E-state index in [1.54, 1.807) is 24.0 Å². The molecule has 1 aromatic rings. The van der Waals surface area contributed by atoms with E-state index < -0.39 is 0 Å². The van der Waals surface area contributed by atoms with Crippen LogP contribution in [0.2, 0.25) is 0 Å². The molecule has 17 heavy (non-hydrogen) atoms. The molecule has 0 aliphatic carbocycles. The number of rotatable bonds is 3. The summed E-state index contributed by atoms with van der Waals surface area (Å²) in [5.74, 6) is -0.404. The molecule has 0 fully saturated rings. The van der Waals surface area contributed by atoms with Crippen LogP contribution in [-0.4, -0.2) is 31.7 Å². The van der Waals surface area contributed by atoms with Crippen molar-refractivity contribution in [2.24, 2.45) is 0 Å². The van der Waals surface area contributed by atoms with Gasteiger partial charge >= 0.3 is 5.97 Å². The predicted molar refractivity (Wildman–Crippen MR) is 62.8 cm³/mol. The Morgan fingerprint density at radius 2 is 2.24 bits per heavy atom. The Balaban J connectivity index is 2.18. The highest BCUT2D eigenvalue weighted by molar-refractivity contribution is 6.02. The molecule has 0 bridgehead atoms. The lowest BCUT2D eigenvalue weighted by Gasteiger charge is -2.30. The summed E-state index contributed by atoms with van der Waals surface area (Å²) in [6, 6.07) is 7.21. The van der Waals surface area contributed by atoms with Crippen LogP contribution in [0.4, 0.5) is 5.69 Å². The molecule has 90 valence electrons. The van der Waals surface area contributed by atoms with Gasteiger partial charge < -0.3 is 15.0 Å². The van der Waals surface area contributed by atoms with E-state index in [1.807, 2.05) is 12.1 Å². The number of carbonyl (C=O) groups excluding carboxylic acids is 2. The molecule has 2 rings (SSSR count). The van der Waals surface area contributed by atoms with Crippen molar-refractivity contribution in [3.63, 3.8) is 0 Å². The molecule has 0 unspecified atom stereocenters. The zero-order valence-corrected chi connectivity index (χ0v) is 9.60. The van der Waals surface area contributed by atoms with Gasteiger partial charge in [0.15, 0.2) is 0 Å². The van der Waals surface area contributed by atoms with Crippen LogP contribution in [0, 0.1) is 0 Å². The molecule has 1 amide bonds. The van der Waals surface area contributed by atoms with Gasteiger partial charge in [0.05, 0.1) is 24.5 Å². The third kappa shape index (κ3) is 2.38. The second kappa shape index (κ2) is 4.86. The molecule has 1 aliphatic rings. The number of ether oxygens (including phenoxy) is 1. The lowest BCUT2D eigenvalue weighted by molar-refractivity contribution is -0.141. The molecule has 0 spiro atoms. The SMILES string of the molecule is CCOC(=O)CN1CNC(=O)c2ccccc21. The normalized spacial score (nSPS) is 13.9.